The van der Waals surface area contributed by atoms with Crippen molar-refractivity contribution in [3.8, 4) is 0 Å². The number of amides is 1. The molecule has 0 spiro atoms. The minimum atomic E-state index is -0.325. The Hall–Kier alpha value is -2.37. The van der Waals surface area contributed by atoms with Crippen molar-refractivity contribution >= 4 is 5.91 Å². The first-order chi connectivity index (χ1) is 10.2. The third-order valence-electron chi connectivity index (χ3n) is 3.93. The second kappa shape index (κ2) is 5.55. The van der Waals surface area contributed by atoms with Crippen molar-refractivity contribution in [1.29, 1.82) is 0 Å². The van der Waals surface area contributed by atoms with Crippen LogP contribution >= 0.6 is 0 Å². The van der Waals surface area contributed by atoms with Gasteiger partial charge in [0.2, 0.25) is 0 Å². The molecule has 0 radical (unpaired) electrons. The molecule has 0 saturated carbocycles. The third-order valence-corrected chi connectivity index (χ3v) is 3.93. The number of nitrogens with one attached hydrogen (secondary N) is 2. The lowest BCUT2D eigenvalue weighted by Gasteiger charge is -2.35. The predicted molar refractivity (Wildman–Crippen MR) is 78.0 cm³/mol. The van der Waals surface area contributed by atoms with Gasteiger partial charge < -0.3 is 9.88 Å². The summed E-state index contributed by atoms with van der Waals surface area (Å²) >= 11 is 0. The molecule has 2 aromatic heterocycles. The van der Waals surface area contributed by atoms with Crippen molar-refractivity contribution in [2.24, 2.45) is 0 Å². The largest absolute Gasteiger partial charge is 0.330 e. The van der Waals surface area contributed by atoms with Gasteiger partial charge in [0, 0.05) is 18.4 Å². The van der Waals surface area contributed by atoms with Crippen LogP contribution in [0.25, 0.3) is 0 Å². The van der Waals surface area contributed by atoms with Crippen molar-refractivity contribution in [3.05, 3.63) is 51.7 Å². The minimum Gasteiger partial charge on any atom is -0.330 e. The molecule has 110 valence electrons. The van der Waals surface area contributed by atoms with Crippen LogP contribution in [0.4, 0.5) is 0 Å². The van der Waals surface area contributed by atoms with Crippen LogP contribution in [0.5, 0.6) is 0 Å². The molecule has 21 heavy (non-hydrogen) atoms. The Morgan fingerprint density at radius 1 is 1.33 bits per heavy atom. The Bertz CT molecular complexity index is 690. The zero-order valence-corrected chi connectivity index (χ0v) is 11.9. The predicted octanol–water partition coefficient (Wildman–Crippen LogP) is 1.77. The molecule has 6 heteroatoms. The number of pyridine rings is 1. The quantitative estimate of drug-likeness (QED) is 0.882. The smallest absolute Gasteiger partial charge is 0.260 e. The standard InChI is InChI=1S/C15H18N4O2/c1-10-5-6-11(14(20)17-10)15(21)19-9-3-2-4-13(19)12-7-8-16-18-12/h5-8,13H,2-4,9H2,1H3,(H,16,18)(H,17,20)/t13-/m0/s1. The van der Waals surface area contributed by atoms with E-state index in [0.29, 0.717) is 6.54 Å². The summed E-state index contributed by atoms with van der Waals surface area (Å²) in [5, 5.41) is 6.90. The maximum absolute atomic E-state index is 12.7. The van der Waals surface area contributed by atoms with E-state index in [1.165, 1.54) is 0 Å². The van der Waals surface area contributed by atoms with Crippen LogP contribution < -0.4 is 5.56 Å². The SMILES string of the molecule is Cc1ccc(C(=O)N2CCCC[C@H]2c2ccn[nH]2)c(=O)[nH]1. The summed E-state index contributed by atoms with van der Waals surface area (Å²) in [5.41, 5.74) is 1.55. The number of rotatable bonds is 2. The molecule has 2 N–H and O–H groups in total. The van der Waals surface area contributed by atoms with Gasteiger partial charge in [0.05, 0.1) is 11.7 Å². The summed E-state index contributed by atoms with van der Waals surface area (Å²) < 4.78 is 0. The molecule has 0 aromatic carbocycles. The molecule has 1 aliphatic heterocycles. The van der Waals surface area contributed by atoms with E-state index in [1.807, 2.05) is 6.07 Å². The van der Waals surface area contributed by atoms with E-state index in [0.717, 1.165) is 30.7 Å². The van der Waals surface area contributed by atoms with Crippen LogP contribution in [-0.2, 0) is 0 Å². The molecule has 0 aliphatic carbocycles. The highest BCUT2D eigenvalue weighted by atomic mass is 16.2. The van der Waals surface area contributed by atoms with Gasteiger partial charge >= 0.3 is 0 Å². The van der Waals surface area contributed by atoms with Crippen LogP contribution in [0.2, 0.25) is 0 Å². The number of hydrogen-bond donors (Lipinski definition) is 2. The van der Waals surface area contributed by atoms with Gasteiger partial charge in [0.25, 0.3) is 11.5 Å². The number of aromatic amines is 2. The molecule has 1 aliphatic rings. The van der Waals surface area contributed by atoms with Crippen LogP contribution in [0.15, 0.2) is 29.2 Å². The highest BCUT2D eigenvalue weighted by Gasteiger charge is 2.30. The van der Waals surface area contributed by atoms with E-state index in [4.69, 9.17) is 0 Å². The Balaban J connectivity index is 1.93. The molecular weight excluding hydrogens is 268 g/mol. The highest BCUT2D eigenvalue weighted by molar-refractivity contribution is 5.94. The summed E-state index contributed by atoms with van der Waals surface area (Å²) in [5.74, 6) is -0.212. The number of carbonyl (C=O) groups is 1. The topological polar surface area (TPSA) is 81.8 Å². The van der Waals surface area contributed by atoms with Gasteiger partial charge in [-0.05, 0) is 44.4 Å². The van der Waals surface area contributed by atoms with Crippen molar-refractivity contribution in [2.45, 2.75) is 32.2 Å². The van der Waals surface area contributed by atoms with Crippen molar-refractivity contribution in [2.75, 3.05) is 6.54 Å². The van der Waals surface area contributed by atoms with Gasteiger partial charge in [0.15, 0.2) is 0 Å². The minimum absolute atomic E-state index is 0.0329. The highest BCUT2D eigenvalue weighted by Crippen LogP contribution is 2.30. The summed E-state index contributed by atoms with van der Waals surface area (Å²) in [4.78, 5) is 29.2. The molecule has 1 fully saturated rings. The van der Waals surface area contributed by atoms with Crippen LogP contribution in [-0.4, -0.2) is 32.5 Å². The van der Waals surface area contributed by atoms with Crippen molar-refractivity contribution in [3.63, 3.8) is 0 Å². The first kappa shape index (κ1) is 13.6. The van der Waals surface area contributed by atoms with E-state index < -0.39 is 0 Å². The molecule has 1 atom stereocenters. The zero-order valence-electron chi connectivity index (χ0n) is 11.9. The fourth-order valence-electron chi connectivity index (χ4n) is 2.85. The van der Waals surface area contributed by atoms with Gasteiger partial charge in [-0.25, -0.2) is 0 Å². The number of likely N-dealkylation sites (tertiary alicyclic amines) is 1. The average Bonchev–Trinajstić information content (AvgIpc) is 3.01. The number of carbonyl (C=O) groups excluding carboxylic acids is 1. The molecule has 3 rings (SSSR count). The Morgan fingerprint density at radius 2 is 2.19 bits per heavy atom. The molecule has 3 heterocycles. The number of hydrogen-bond acceptors (Lipinski definition) is 3. The summed E-state index contributed by atoms with van der Waals surface area (Å²) in [7, 11) is 0. The van der Waals surface area contributed by atoms with Gasteiger partial charge in [-0.3, -0.25) is 14.7 Å². The van der Waals surface area contributed by atoms with E-state index in [1.54, 1.807) is 30.2 Å². The fourth-order valence-corrected chi connectivity index (χ4v) is 2.85. The van der Waals surface area contributed by atoms with Crippen molar-refractivity contribution < 1.29 is 4.79 Å². The first-order valence-electron chi connectivity index (χ1n) is 7.17. The lowest BCUT2D eigenvalue weighted by atomic mass is 9.98. The maximum atomic E-state index is 12.7. The Kier molecular flexibility index (Phi) is 3.60. The summed E-state index contributed by atoms with van der Waals surface area (Å²) in [6.45, 7) is 2.46. The molecule has 1 amide bonds. The number of aryl methyl sites for hydroxylation is 1. The number of nitrogens with zero attached hydrogens (tertiary/aromatic N) is 2. The maximum Gasteiger partial charge on any atom is 0.260 e. The third kappa shape index (κ3) is 2.61. The van der Waals surface area contributed by atoms with Crippen LogP contribution in [0.3, 0.4) is 0 Å². The van der Waals surface area contributed by atoms with Gasteiger partial charge in [-0.1, -0.05) is 0 Å². The van der Waals surface area contributed by atoms with Gasteiger partial charge in [-0.15, -0.1) is 0 Å². The number of aromatic nitrogens is 3. The molecule has 1 saturated heterocycles. The lowest BCUT2D eigenvalue weighted by Crippen LogP contribution is -2.40. The molecule has 0 unspecified atom stereocenters. The second-order valence-electron chi connectivity index (χ2n) is 5.41. The lowest BCUT2D eigenvalue weighted by molar-refractivity contribution is 0.0604. The van der Waals surface area contributed by atoms with E-state index in [2.05, 4.69) is 15.2 Å². The Labute approximate surface area is 122 Å². The summed E-state index contributed by atoms with van der Waals surface area (Å²) in [6.07, 6.45) is 4.60. The van der Waals surface area contributed by atoms with E-state index in [9.17, 15) is 9.59 Å². The molecule has 2 aromatic rings. The van der Waals surface area contributed by atoms with Crippen LogP contribution in [0.1, 0.15) is 47.1 Å². The number of H-pyrrole nitrogens is 2. The molecule has 0 bridgehead atoms. The normalized spacial score (nSPS) is 18.7. The molecular formula is C15H18N4O2. The average molecular weight is 286 g/mol. The van der Waals surface area contributed by atoms with Gasteiger partial charge in [-0.2, -0.15) is 5.10 Å². The second-order valence-corrected chi connectivity index (χ2v) is 5.41. The zero-order chi connectivity index (χ0) is 14.8. The first-order valence-corrected chi connectivity index (χ1v) is 7.17. The molecule has 6 nitrogen and oxygen atoms in total. The fraction of sp³-hybridized carbons (Fsp3) is 0.400. The Morgan fingerprint density at radius 3 is 2.90 bits per heavy atom. The van der Waals surface area contributed by atoms with Gasteiger partial charge in [0.1, 0.15) is 5.56 Å². The monoisotopic (exact) mass is 286 g/mol. The summed E-state index contributed by atoms with van der Waals surface area (Å²) in [6, 6.07) is 5.21. The van der Waals surface area contributed by atoms with E-state index >= 15 is 0 Å². The van der Waals surface area contributed by atoms with E-state index in [-0.39, 0.29) is 23.1 Å². The number of piperidine rings is 1. The van der Waals surface area contributed by atoms with Crippen LogP contribution in [0, 0.1) is 6.92 Å². The van der Waals surface area contributed by atoms with Crippen molar-refractivity contribution in [1.82, 2.24) is 20.1 Å².